The lowest BCUT2D eigenvalue weighted by Crippen LogP contribution is -2.22. The fourth-order valence-electron chi connectivity index (χ4n) is 2.78. The highest BCUT2D eigenvalue weighted by molar-refractivity contribution is 5.96. The molecule has 2 aromatic heterocycles. The summed E-state index contributed by atoms with van der Waals surface area (Å²) in [4.78, 5) is 16.7. The Balaban J connectivity index is 1.52. The molecule has 0 atom stereocenters. The molecular weight excluding hydrogens is 312 g/mol. The molecule has 0 aliphatic rings. The molecule has 25 heavy (non-hydrogen) atoms. The lowest BCUT2D eigenvalue weighted by atomic mass is 10.1. The molecule has 2 heterocycles. The first-order chi connectivity index (χ1) is 12.3. The molecule has 0 unspecified atom stereocenters. The van der Waals surface area contributed by atoms with E-state index in [-0.39, 0.29) is 5.91 Å². The average molecular weight is 328 g/mol. The van der Waals surface area contributed by atoms with E-state index in [2.05, 4.69) is 10.3 Å². The molecule has 4 aromatic rings. The summed E-state index contributed by atoms with van der Waals surface area (Å²) in [6, 6.07) is 21.0. The van der Waals surface area contributed by atoms with Gasteiger partial charge < -0.3 is 9.73 Å². The first-order valence-electron chi connectivity index (χ1n) is 8.06. The summed E-state index contributed by atoms with van der Waals surface area (Å²) in [5.41, 5.74) is 4.30. The summed E-state index contributed by atoms with van der Waals surface area (Å²) in [6.07, 6.45) is 3.38. The highest BCUT2D eigenvalue weighted by atomic mass is 16.3. The molecule has 4 heteroatoms. The van der Waals surface area contributed by atoms with Gasteiger partial charge in [0.05, 0.1) is 12.0 Å². The Bertz CT molecular complexity index is 1000. The molecule has 4 rings (SSSR count). The van der Waals surface area contributed by atoms with Gasteiger partial charge in [-0.2, -0.15) is 0 Å². The van der Waals surface area contributed by atoms with Gasteiger partial charge in [0.1, 0.15) is 5.58 Å². The van der Waals surface area contributed by atoms with Gasteiger partial charge in [-0.15, -0.1) is 0 Å². The van der Waals surface area contributed by atoms with E-state index in [0.717, 1.165) is 27.8 Å². The Kier molecular flexibility index (Phi) is 4.01. The molecule has 0 saturated carbocycles. The largest absolute Gasteiger partial charge is 0.464 e. The third kappa shape index (κ3) is 3.15. The number of benzene rings is 2. The topological polar surface area (TPSA) is 55.1 Å². The number of hydrogen-bond acceptors (Lipinski definition) is 3. The van der Waals surface area contributed by atoms with Gasteiger partial charge in [0.15, 0.2) is 0 Å². The van der Waals surface area contributed by atoms with Crippen LogP contribution in [0.15, 0.2) is 83.6 Å². The van der Waals surface area contributed by atoms with E-state index >= 15 is 0 Å². The normalized spacial score (nSPS) is 10.7. The highest BCUT2D eigenvalue weighted by Gasteiger charge is 2.09. The van der Waals surface area contributed by atoms with Crippen molar-refractivity contribution in [3.63, 3.8) is 0 Å². The van der Waals surface area contributed by atoms with Crippen molar-refractivity contribution in [1.82, 2.24) is 10.3 Å². The maximum Gasteiger partial charge on any atom is 0.251 e. The molecule has 0 radical (unpaired) electrons. The van der Waals surface area contributed by atoms with E-state index in [1.165, 1.54) is 0 Å². The second-order valence-corrected chi connectivity index (χ2v) is 5.74. The van der Waals surface area contributed by atoms with Crippen LogP contribution < -0.4 is 5.32 Å². The Morgan fingerprint density at radius 2 is 1.76 bits per heavy atom. The third-order valence-electron chi connectivity index (χ3n) is 4.10. The van der Waals surface area contributed by atoms with Gasteiger partial charge >= 0.3 is 0 Å². The number of pyridine rings is 1. The van der Waals surface area contributed by atoms with E-state index in [9.17, 15) is 4.79 Å². The summed E-state index contributed by atoms with van der Waals surface area (Å²) in [5.74, 6) is -0.0927. The van der Waals surface area contributed by atoms with Gasteiger partial charge in [-0.25, -0.2) is 0 Å². The summed E-state index contributed by atoms with van der Waals surface area (Å²) in [6.45, 7) is 0.511. The third-order valence-corrected chi connectivity index (χ3v) is 4.10. The maximum absolute atomic E-state index is 12.3. The molecule has 1 amide bonds. The van der Waals surface area contributed by atoms with E-state index in [1.807, 2.05) is 66.7 Å². The summed E-state index contributed by atoms with van der Waals surface area (Å²) in [7, 11) is 0. The average Bonchev–Trinajstić information content (AvgIpc) is 3.16. The van der Waals surface area contributed by atoms with Gasteiger partial charge in [0.2, 0.25) is 0 Å². The minimum absolute atomic E-state index is 0.0927. The number of nitrogens with zero attached hydrogens (tertiary/aromatic N) is 1. The molecule has 122 valence electrons. The number of fused-ring (bicyclic) bond motifs is 1. The van der Waals surface area contributed by atoms with E-state index < -0.39 is 0 Å². The van der Waals surface area contributed by atoms with Crippen molar-refractivity contribution in [2.75, 3.05) is 0 Å². The number of furan rings is 1. The van der Waals surface area contributed by atoms with Gasteiger partial charge in [-0.3, -0.25) is 9.78 Å². The molecule has 0 aliphatic carbocycles. The number of aromatic nitrogens is 1. The van der Waals surface area contributed by atoms with Gasteiger partial charge in [0, 0.05) is 29.3 Å². The fourth-order valence-corrected chi connectivity index (χ4v) is 2.78. The molecule has 0 spiro atoms. The van der Waals surface area contributed by atoms with Crippen molar-refractivity contribution in [3.8, 4) is 11.3 Å². The predicted molar refractivity (Wildman–Crippen MR) is 97.1 cm³/mol. The Morgan fingerprint density at radius 3 is 2.56 bits per heavy atom. The summed E-state index contributed by atoms with van der Waals surface area (Å²) < 4.78 is 5.41. The van der Waals surface area contributed by atoms with Crippen molar-refractivity contribution < 1.29 is 9.21 Å². The first kappa shape index (κ1) is 15.1. The molecule has 0 bridgehead atoms. The standard InChI is InChI=1S/C21H16N2O2/c24-21(23-14-15-4-2-1-3-5-15)17-8-6-16(7-9-17)20-18-11-13-25-19(18)10-12-22-20/h1-13H,14H2,(H,23,24). The monoisotopic (exact) mass is 328 g/mol. The Hall–Kier alpha value is -3.40. The molecular formula is C21H16N2O2. The lowest BCUT2D eigenvalue weighted by molar-refractivity contribution is 0.0951. The smallest absolute Gasteiger partial charge is 0.251 e. The van der Waals surface area contributed by atoms with Crippen molar-refractivity contribution in [2.45, 2.75) is 6.54 Å². The quantitative estimate of drug-likeness (QED) is 0.603. The van der Waals surface area contributed by atoms with Crippen LogP contribution in [0.1, 0.15) is 15.9 Å². The van der Waals surface area contributed by atoms with Crippen molar-refractivity contribution in [3.05, 3.63) is 90.3 Å². The van der Waals surface area contributed by atoms with E-state index in [0.29, 0.717) is 12.1 Å². The molecule has 1 N–H and O–H groups in total. The van der Waals surface area contributed by atoms with Crippen LogP contribution in [0.2, 0.25) is 0 Å². The second-order valence-electron chi connectivity index (χ2n) is 5.74. The molecule has 4 nitrogen and oxygen atoms in total. The predicted octanol–water partition coefficient (Wildman–Crippen LogP) is 4.42. The number of amides is 1. The van der Waals surface area contributed by atoms with E-state index in [4.69, 9.17) is 4.42 Å². The fraction of sp³-hybridized carbons (Fsp3) is 0.0476. The zero-order valence-electron chi connectivity index (χ0n) is 13.5. The van der Waals surface area contributed by atoms with Crippen molar-refractivity contribution in [2.24, 2.45) is 0 Å². The van der Waals surface area contributed by atoms with E-state index in [1.54, 1.807) is 12.5 Å². The minimum Gasteiger partial charge on any atom is -0.464 e. The second kappa shape index (κ2) is 6.61. The van der Waals surface area contributed by atoms with Gasteiger partial charge in [0.25, 0.3) is 5.91 Å². The summed E-state index contributed by atoms with van der Waals surface area (Å²) in [5, 5.41) is 3.89. The number of hydrogen-bond donors (Lipinski definition) is 1. The van der Waals surface area contributed by atoms with Crippen LogP contribution in [0, 0.1) is 0 Å². The molecule has 0 aliphatic heterocycles. The van der Waals surface area contributed by atoms with Crippen LogP contribution in [0.5, 0.6) is 0 Å². The molecule has 2 aromatic carbocycles. The highest BCUT2D eigenvalue weighted by Crippen LogP contribution is 2.27. The van der Waals surface area contributed by atoms with Crippen molar-refractivity contribution in [1.29, 1.82) is 0 Å². The van der Waals surface area contributed by atoms with Crippen LogP contribution in [0.4, 0.5) is 0 Å². The maximum atomic E-state index is 12.3. The van der Waals surface area contributed by atoms with Gasteiger partial charge in [-0.05, 0) is 29.8 Å². The van der Waals surface area contributed by atoms with Crippen LogP contribution in [0.25, 0.3) is 22.2 Å². The van der Waals surface area contributed by atoms with Crippen LogP contribution in [0.3, 0.4) is 0 Å². The molecule has 0 saturated heterocycles. The SMILES string of the molecule is O=C(NCc1ccccc1)c1ccc(-c2nccc3occc23)cc1. The number of nitrogens with one attached hydrogen (secondary N) is 1. The van der Waals surface area contributed by atoms with Crippen molar-refractivity contribution >= 4 is 16.9 Å². The van der Waals surface area contributed by atoms with Crippen LogP contribution in [-0.2, 0) is 6.54 Å². The minimum atomic E-state index is -0.0927. The number of carbonyl (C=O) groups is 1. The lowest BCUT2D eigenvalue weighted by Gasteiger charge is -2.07. The van der Waals surface area contributed by atoms with Gasteiger partial charge in [-0.1, -0.05) is 42.5 Å². The first-order valence-corrected chi connectivity index (χ1v) is 8.06. The Labute approximate surface area is 145 Å². The Morgan fingerprint density at radius 1 is 0.960 bits per heavy atom. The zero-order chi connectivity index (χ0) is 17.1. The zero-order valence-corrected chi connectivity index (χ0v) is 13.5. The van der Waals surface area contributed by atoms with Crippen LogP contribution in [-0.4, -0.2) is 10.9 Å². The van der Waals surface area contributed by atoms with Crippen LogP contribution >= 0.6 is 0 Å². The number of carbonyl (C=O) groups excluding carboxylic acids is 1. The summed E-state index contributed by atoms with van der Waals surface area (Å²) >= 11 is 0. The molecule has 0 fully saturated rings. The number of rotatable bonds is 4.